The maximum atomic E-state index is 12.5. The van der Waals surface area contributed by atoms with Crippen LogP contribution in [0.5, 0.6) is 0 Å². The summed E-state index contributed by atoms with van der Waals surface area (Å²) in [6.07, 6.45) is 3.40. The molecule has 0 aliphatic carbocycles. The highest BCUT2D eigenvalue weighted by Gasteiger charge is 2.07. The van der Waals surface area contributed by atoms with Gasteiger partial charge in [-0.15, -0.1) is 11.3 Å². The predicted molar refractivity (Wildman–Crippen MR) is 96.7 cm³/mol. The Morgan fingerprint density at radius 1 is 1.22 bits per heavy atom. The van der Waals surface area contributed by atoms with Crippen LogP contribution in [0.3, 0.4) is 0 Å². The number of rotatable bonds is 3. The highest BCUT2D eigenvalue weighted by Crippen LogP contribution is 2.08. The molecule has 3 rings (SSSR count). The largest absolute Gasteiger partial charge is 0.302 e. The van der Waals surface area contributed by atoms with Gasteiger partial charge in [-0.2, -0.15) is 11.3 Å². The zero-order valence-corrected chi connectivity index (χ0v) is 14.4. The molecule has 23 heavy (non-hydrogen) atoms. The van der Waals surface area contributed by atoms with E-state index in [2.05, 4.69) is 0 Å². The van der Waals surface area contributed by atoms with Crippen molar-refractivity contribution in [3.8, 4) is 0 Å². The van der Waals surface area contributed by atoms with E-state index in [-0.39, 0.29) is 11.3 Å². The maximum absolute atomic E-state index is 12.5. The highest BCUT2D eigenvalue weighted by atomic mass is 32.1. The van der Waals surface area contributed by atoms with Crippen LogP contribution >= 0.6 is 22.7 Å². The van der Waals surface area contributed by atoms with Crippen molar-refractivity contribution in [2.45, 2.75) is 6.92 Å². The van der Waals surface area contributed by atoms with E-state index in [9.17, 15) is 9.59 Å². The van der Waals surface area contributed by atoms with Crippen molar-refractivity contribution in [3.63, 3.8) is 0 Å². The Morgan fingerprint density at radius 3 is 2.70 bits per heavy atom. The first-order valence-electron chi connectivity index (χ1n) is 7.08. The molecule has 3 aromatic rings. The van der Waals surface area contributed by atoms with Crippen molar-refractivity contribution in [3.05, 3.63) is 77.3 Å². The van der Waals surface area contributed by atoms with E-state index in [1.807, 2.05) is 48.0 Å². The summed E-state index contributed by atoms with van der Waals surface area (Å²) in [6.45, 7) is 1.91. The zero-order chi connectivity index (χ0) is 16.4. The number of ketones is 1. The number of aromatic nitrogens is 1. The molecule has 0 N–H and O–H groups in total. The van der Waals surface area contributed by atoms with Gasteiger partial charge in [0.1, 0.15) is 4.66 Å². The number of hydrogen-bond donors (Lipinski definition) is 0. The lowest BCUT2D eigenvalue weighted by molar-refractivity contribution is 0.106. The number of Topliss-reactive ketones (excluding diaryl/α,β-unsaturated/α-hetero) is 1. The summed E-state index contributed by atoms with van der Waals surface area (Å²) < 4.78 is 2.82. The number of thiophene rings is 1. The maximum Gasteiger partial charge on any atom is 0.268 e. The third kappa shape index (κ3) is 3.25. The van der Waals surface area contributed by atoms with Gasteiger partial charge < -0.3 is 4.57 Å². The van der Waals surface area contributed by atoms with Gasteiger partial charge in [-0.3, -0.25) is 9.59 Å². The Labute approximate surface area is 141 Å². The number of aryl methyl sites for hydroxylation is 1. The molecule has 116 valence electrons. The van der Waals surface area contributed by atoms with Gasteiger partial charge in [0, 0.05) is 18.7 Å². The Balaban J connectivity index is 2.10. The van der Waals surface area contributed by atoms with Crippen molar-refractivity contribution in [2.75, 3.05) is 0 Å². The molecule has 0 saturated carbocycles. The minimum Gasteiger partial charge on any atom is -0.302 e. The van der Waals surface area contributed by atoms with Crippen LogP contribution in [0.2, 0.25) is 0 Å². The van der Waals surface area contributed by atoms with Crippen LogP contribution in [0.25, 0.3) is 12.2 Å². The first-order chi connectivity index (χ1) is 11.1. The average molecular weight is 341 g/mol. The van der Waals surface area contributed by atoms with E-state index >= 15 is 0 Å². The van der Waals surface area contributed by atoms with Crippen molar-refractivity contribution in [1.82, 2.24) is 4.57 Å². The molecule has 0 fully saturated rings. The fraction of sp³-hybridized carbons (Fsp3) is 0.111. The summed E-state index contributed by atoms with van der Waals surface area (Å²) in [7, 11) is 1.70. The fourth-order valence-corrected chi connectivity index (χ4v) is 3.90. The Morgan fingerprint density at radius 2 is 2.00 bits per heavy atom. The monoisotopic (exact) mass is 341 g/mol. The van der Waals surface area contributed by atoms with Crippen LogP contribution in [-0.2, 0) is 7.05 Å². The molecule has 5 heteroatoms. The molecule has 0 atom stereocenters. The SMILES string of the molecule is Cc1ccccc1C(=O)/C=c1\s/c(=C\c2ccsc2)c(=O)n1C. The van der Waals surface area contributed by atoms with Crippen molar-refractivity contribution in [2.24, 2.45) is 7.05 Å². The number of nitrogens with zero attached hydrogens (tertiary/aromatic N) is 1. The number of carbonyl (C=O) groups is 1. The number of carbonyl (C=O) groups excluding carboxylic acids is 1. The van der Waals surface area contributed by atoms with Crippen LogP contribution in [-0.4, -0.2) is 10.4 Å². The summed E-state index contributed by atoms with van der Waals surface area (Å²) in [6, 6.07) is 9.42. The molecule has 0 amide bonds. The van der Waals surface area contributed by atoms with E-state index in [1.165, 1.54) is 15.9 Å². The Kier molecular flexibility index (Phi) is 4.41. The van der Waals surface area contributed by atoms with Crippen LogP contribution in [0.4, 0.5) is 0 Å². The van der Waals surface area contributed by atoms with Gasteiger partial charge >= 0.3 is 0 Å². The average Bonchev–Trinajstić information content (AvgIpc) is 3.13. The first kappa shape index (κ1) is 15.6. The molecule has 1 aromatic carbocycles. The van der Waals surface area contributed by atoms with Crippen molar-refractivity contribution in [1.29, 1.82) is 0 Å². The van der Waals surface area contributed by atoms with Crippen molar-refractivity contribution >= 4 is 40.6 Å². The summed E-state index contributed by atoms with van der Waals surface area (Å²) in [5.41, 5.74) is 2.52. The Bertz CT molecular complexity index is 1020. The fourth-order valence-electron chi connectivity index (χ4n) is 2.26. The standard InChI is InChI=1S/C18H15NO2S2/c1-12-5-3-4-6-14(12)15(20)10-17-19(2)18(21)16(23-17)9-13-7-8-22-11-13/h3-11H,1-2H3/b16-9-,17-10-. The molecule has 2 aromatic heterocycles. The third-order valence-corrected chi connectivity index (χ3v) is 5.38. The minimum atomic E-state index is -0.0815. The Hall–Kier alpha value is -2.24. The topological polar surface area (TPSA) is 39.1 Å². The molecule has 0 aliphatic rings. The molecule has 0 aliphatic heterocycles. The van der Waals surface area contributed by atoms with Crippen LogP contribution in [0, 0.1) is 6.92 Å². The summed E-state index contributed by atoms with van der Waals surface area (Å²) >= 11 is 2.92. The third-order valence-electron chi connectivity index (χ3n) is 3.57. The van der Waals surface area contributed by atoms with Gasteiger partial charge in [0.15, 0.2) is 5.78 Å². The summed E-state index contributed by atoms with van der Waals surface area (Å²) in [5.74, 6) is -0.0815. The van der Waals surface area contributed by atoms with Gasteiger partial charge in [-0.05, 0) is 41.0 Å². The van der Waals surface area contributed by atoms with Crippen LogP contribution < -0.4 is 14.8 Å². The molecule has 0 radical (unpaired) electrons. The molecule has 0 unspecified atom stereocenters. The van der Waals surface area contributed by atoms with Gasteiger partial charge in [0.25, 0.3) is 5.56 Å². The second-order valence-corrected chi connectivity index (χ2v) is 7.04. The molecule has 0 spiro atoms. The van der Waals surface area contributed by atoms with E-state index in [4.69, 9.17) is 0 Å². The molecular formula is C18H15NO2S2. The van der Waals surface area contributed by atoms with Gasteiger partial charge in [0.2, 0.25) is 0 Å². The minimum absolute atomic E-state index is 0.0787. The number of hydrogen-bond acceptors (Lipinski definition) is 4. The summed E-state index contributed by atoms with van der Waals surface area (Å²) in [4.78, 5) is 24.8. The van der Waals surface area contributed by atoms with E-state index in [0.717, 1.165) is 11.1 Å². The van der Waals surface area contributed by atoms with Crippen molar-refractivity contribution < 1.29 is 4.79 Å². The van der Waals surface area contributed by atoms with E-state index in [1.54, 1.807) is 30.5 Å². The molecule has 0 saturated heterocycles. The van der Waals surface area contributed by atoms with E-state index in [0.29, 0.717) is 14.8 Å². The lowest BCUT2D eigenvalue weighted by Crippen LogP contribution is -2.29. The first-order valence-corrected chi connectivity index (χ1v) is 8.83. The second-order valence-electron chi connectivity index (χ2n) is 5.19. The number of thiazole rings is 1. The lowest BCUT2D eigenvalue weighted by atomic mass is 10.1. The second kappa shape index (κ2) is 6.48. The van der Waals surface area contributed by atoms with E-state index < -0.39 is 0 Å². The number of benzene rings is 1. The summed E-state index contributed by atoms with van der Waals surface area (Å²) in [5, 5.41) is 3.96. The van der Waals surface area contributed by atoms with Crippen LogP contribution in [0.1, 0.15) is 21.5 Å². The molecule has 2 heterocycles. The highest BCUT2D eigenvalue weighted by molar-refractivity contribution is 7.08. The van der Waals surface area contributed by atoms with Crippen LogP contribution in [0.15, 0.2) is 45.9 Å². The van der Waals surface area contributed by atoms with Gasteiger partial charge in [-0.1, -0.05) is 24.3 Å². The van der Waals surface area contributed by atoms with Gasteiger partial charge in [0.05, 0.1) is 4.53 Å². The molecular weight excluding hydrogens is 326 g/mol. The quantitative estimate of drug-likeness (QED) is 0.686. The normalized spacial score (nSPS) is 12.8. The smallest absolute Gasteiger partial charge is 0.268 e. The predicted octanol–water partition coefficient (Wildman–Crippen LogP) is 2.31. The van der Waals surface area contributed by atoms with Gasteiger partial charge in [-0.25, -0.2) is 0 Å². The molecule has 3 nitrogen and oxygen atoms in total. The molecule has 0 bridgehead atoms. The zero-order valence-electron chi connectivity index (χ0n) is 12.8. The lowest BCUT2D eigenvalue weighted by Gasteiger charge is -1.99.